The Balaban J connectivity index is 4.59. The highest BCUT2D eigenvalue weighted by molar-refractivity contribution is 6.76. The summed E-state index contributed by atoms with van der Waals surface area (Å²) in [6.07, 6.45) is 5.37. The van der Waals surface area contributed by atoms with Gasteiger partial charge in [0.1, 0.15) is 0 Å². The molecular weight excluding hydrogens is 244 g/mol. The van der Waals surface area contributed by atoms with E-state index >= 15 is 0 Å². The van der Waals surface area contributed by atoms with Gasteiger partial charge in [0.25, 0.3) is 0 Å². The SMILES string of the molecule is COC(=O)/C=C(/CC/C=C(\C)CO)C[Si](C)(C)C. The van der Waals surface area contributed by atoms with Gasteiger partial charge in [-0.2, -0.15) is 0 Å². The van der Waals surface area contributed by atoms with Gasteiger partial charge in [0.05, 0.1) is 13.7 Å². The van der Waals surface area contributed by atoms with Crippen molar-refractivity contribution >= 4 is 14.0 Å². The maximum atomic E-state index is 11.3. The predicted octanol–water partition coefficient (Wildman–Crippen LogP) is 3.14. The second-order valence-corrected chi connectivity index (χ2v) is 11.3. The van der Waals surface area contributed by atoms with E-state index in [0.29, 0.717) is 0 Å². The molecule has 0 aliphatic rings. The molecule has 0 fully saturated rings. The summed E-state index contributed by atoms with van der Waals surface area (Å²) in [6.45, 7) is 8.86. The number of aliphatic hydroxyl groups excluding tert-OH is 1. The molecule has 18 heavy (non-hydrogen) atoms. The van der Waals surface area contributed by atoms with Crippen molar-refractivity contribution in [3.63, 3.8) is 0 Å². The van der Waals surface area contributed by atoms with Crippen LogP contribution in [0, 0.1) is 0 Å². The number of rotatable bonds is 7. The molecule has 0 aliphatic carbocycles. The molecule has 0 aromatic heterocycles. The van der Waals surface area contributed by atoms with E-state index in [2.05, 4.69) is 24.4 Å². The first-order valence-corrected chi connectivity index (χ1v) is 10.0. The van der Waals surface area contributed by atoms with Gasteiger partial charge in [-0.05, 0) is 25.8 Å². The minimum atomic E-state index is -1.23. The lowest BCUT2D eigenvalue weighted by Gasteiger charge is -2.18. The molecule has 0 aromatic rings. The standard InChI is InChI=1S/C14H26O3Si/c1-12(10-15)7-6-8-13(9-14(16)17-2)11-18(3,4)5/h7,9,15H,6,8,10-11H2,1-5H3/b12-7+,13-9-. The summed E-state index contributed by atoms with van der Waals surface area (Å²) in [5.41, 5.74) is 2.13. The number of methoxy groups -OCH3 is 1. The fourth-order valence-electron chi connectivity index (χ4n) is 1.69. The van der Waals surface area contributed by atoms with E-state index in [9.17, 15) is 4.79 Å². The average Bonchev–Trinajstić information content (AvgIpc) is 2.26. The molecule has 1 N–H and O–H groups in total. The van der Waals surface area contributed by atoms with Crippen molar-refractivity contribution in [1.29, 1.82) is 0 Å². The van der Waals surface area contributed by atoms with Gasteiger partial charge in [-0.3, -0.25) is 0 Å². The fourth-order valence-corrected chi connectivity index (χ4v) is 3.33. The molecule has 0 saturated carbocycles. The Morgan fingerprint density at radius 1 is 1.33 bits per heavy atom. The van der Waals surface area contributed by atoms with Gasteiger partial charge in [0.2, 0.25) is 0 Å². The van der Waals surface area contributed by atoms with Crippen molar-refractivity contribution in [2.45, 2.75) is 45.5 Å². The Kier molecular flexibility index (Phi) is 7.87. The first kappa shape index (κ1) is 17.1. The smallest absolute Gasteiger partial charge is 0.330 e. The van der Waals surface area contributed by atoms with Crippen molar-refractivity contribution in [3.05, 3.63) is 23.3 Å². The number of allylic oxidation sites excluding steroid dienone is 2. The summed E-state index contributed by atoms with van der Waals surface area (Å²) < 4.78 is 4.69. The first-order chi connectivity index (χ1) is 8.28. The summed E-state index contributed by atoms with van der Waals surface area (Å²) >= 11 is 0. The van der Waals surface area contributed by atoms with Gasteiger partial charge in [0, 0.05) is 14.1 Å². The van der Waals surface area contributed by atoms with E-state index in [1.165, 1.54) is 7.11 Å². The minimum absolute atomic E-state index is 0.101. The fraction of sp³-hybridized carbons (Fsp3) is 0.643. The minimum Gasteiger partial charge on any atom is -0.466 e. The Bertz CT molecular complexity index is 324. The van der Waals surface area contributed by atoms with Crippen LogP contribution in [0.5, 0.6) is 0 Å². The van der Waals surface area contributed by atoms with Gasteiger partial charge >= 0.3 is 5.97 Å². The van der Waals surface area contributed by atoms with Crippen molar-refractivity contribution < 1.29 is 14.6 Å². The Morgan fingerprint density at radius 3 is 2.39 bits per heavy atom. The van der Waals surface area contributed by atoms with Crippen LogP contribution < -0.4 is 0 Å². The van der Waals surface area contributed by atoms with Crippen molar-refractivity contribution in [3.8, 4) is 0 Å². The van der Waals surface area contributed by atoms with Crippen LogP contribution in [0.2, 0.25) is 25.7 Å². The molecule has 0 bridgehead atoms. The summed E-state index contributed by atoms with van der Waals surface area (Å²) in [5.74, 6) is -0.272. The van der Waals surface area contributed by atoms with Crippen molar-refractivity contribution in [2.24, 2.45) is 0 Å². The maximum Gasteiger partial charge on any atom is 0.330 e. The number of carbonyl (C=O) groups excluding carboxylic acids is 1. The maximum absolute atomic E-state index is 11.3. The van der Waals surface area contributed by atoms with E-state index in [1.807, 2.05) is 13.0 Å². The Labute approximate surface area is 112 Å². The number of ether oxygens (including phenoxy) is 1. The van der Waals surface area contributed by atoms with Gasteiger partial charge < -0.3 is 9.84 Å². The van der Waals surface area contributed by atoms with E-state index in [1.54, 1.807) is 6.08 Å². The van der Waals surface area contributed by atoms with Crippen LogP contribution in [0.3, 0.4) is 0 Å². The molecule has 3 nitrogen and oxygen atoms in total. The second kappa shape index (κ2) is 8.27. The molecular formula is C14H26O3Si. The molecule has 0 spiro atoms. The molecule has 0 amide bonds. The van der Waals surface area contributed by atoms with E-state index in [4.69, 9.17) is 5.11 Å². The zero-order valence-electron chi connectivity index (χ0n) is 12.2. The van der Waals surface area contributed by atoms with Gasteiger partial charge in [-0.1, -0.05) is 36.9 Å². The zero-order valence-corrected chi connectivity index (χ0v) is 13.2. The lowest BCUT2D eigenvalue weighted by molar-refractivity contribution is -0.134. The number of aliphatic hydroxyl groups is 1. The monoisotopic (exact) mass is 270 g/mol. The highest BCUT2D eigenvalue weighted by Crippen LogP contribution is 2.21. The molecule has 0 atom stereocenters. The quantitative estimate of drug-likeness (QED) is 0.334. The summed E-state index contributed by atoms with van der Waals surface area (Å²) in [5, 5.41) is 8.92. The lowest BCUT2D eigenvalue weighted by atomic mass is 10.1. The van der Waals surface area contributed by atoms with Gasteiger partial charge in [0.15, 0.2) is 0 Å². The molecule has 4 heteroatoms. The third-order valence-electron chi connectivity index (χ3n) is 2.49. The van der Waals surface area contributed by atoms with Crippen LogP contribution in [-0.2, 0) is 9.53 Å². The summed E-state index contributed by atoms with van der Waals surface area (Å²) in [6, 6.07) is 1.01. The molecule has 0 rings (SSSR count). The molecule has 0 aliphatic heterocycles. The van der Waals surface area contributed by atoms with Crippen molar-refractivity contribution in [1.82, 2.24) is 0 Å². The van der Waals surface area contributed by atoms with Crippen molar-refractivity contribution in [2.75, 3.05) is 13.7 Å². The number of esters is 1. The molecule has 0 radical (unpaired) electrons. The topological polar surface area (TPSA) is 46.5 Å². The second-order valence-electron chi connectivity index (χ2n) is 5.81. The predicted molar refractivity (Wildman–Crippen MR) is 78.3 cm³/mol. The highest BCUT2D eigenvalue weighted by atomic mass is 28.3. The van der Waals surface area contributed by atoms with E-state index in [-0.39, 0.29) is 12.6 Å². The zero-order chi connectivity index (χ0) is 14.2. The Hall–Kier alpha value is -0.873. The van der Waals surface area contributed by atoms with Crippen LogP contribution in [0.1, 0.15) is 19.8 Å². The number of hydrogen-bond acceptors (Lipinski definition) is 3. The third kappa shape index (κ3) is 9.19. The molecule has 0 saturated heterocycles. The third-order valence-corrected chi connectivity index (χ3v) is 4.00. The van der Waals surface area contributed by atoms with E-state index < -0.39 is 8.07 Å². The van der Waals surface area contributed by atoms with Gasteiger partial charge in [-0.25, -0.2) is 4.79 Å². The molecule has 0 unspecified atom stereocenters. The number of carbonyl (C=O) groups is 1. The Morgan fingerprint density at radius 2 is 1.94 bits per heavy atom. The van der Waals surface area contributed by atoms with Gasteiger partial charge in [-0.15, -0.1) is 0 Å². The highest BCUT2D eigenvalue weighted by Gasteiger charge is 2.16. The van der Waals surface area contributed by atoms with Crippen LogP contribution in [0.25, 0.3) is 0 Å². The van der Waals surface area contributed by atoms with Crippen LogP contribution >= 0.6 is 0 Å². The largest absolute Gasteiger partial charge is 0.466 e. The molecule has 0 heterocycles. The van der Waals surface area contributed by atoms with Crippen LogP contribution in [0.4, 0.5) is 0 Å². The van der Waals surface area contributed by atoms with E-state index in [0.717, 1.165) is 30.0 Å². The molecule has 104 valence electrons. The lowest BCUT2D eigenvalue weighted by Crippen LogP contribution is -2.20. The molecule has 0 aromatic carbocycles. The van der Waals surface area contributed by atoms with Crippen LogP contribution in [0.15, 0.2) is 23.3 Å². The summed E-state index contributed by atoms with van der Waals surface area (Å²) in [4.78, 5) is 11.3. The summed E-state index contributed by atoms with van der Waals surface area (Å²) in [7, 11) is 0.172. The number of hydrogen-bond donors (Lipinski definition) is 1. The van der Waals surface area contributed by atoms with Crippen LogP contribution in [-0.4, -0.2) is 32.9 Å². The average molecular weight is 270 g/mol. The normalized spacial score (nSPS) is 13.7. The first-order valence-electron chi connectivity index (χ1n) is 6.32.